The van der Waals surface area contributed by atoms with E-state index in [1.807, 2.05) is 6.08 Å². The van der Waals surface area contributed by atoms with Crippen molar-refractivity contribution in [2.45, 2.75) is 180 Å². The number of carbonyl (C=O) groups is 1. The van der Waals surface area contributed by atoms with Gasteiger partial charge in [0, 0.05) is 6.42 Å². The van der Waals surface area contributed by atoms with Crippen LogP contribution in [-0.4, -0.2) is 41.9 Å². The van der Waals surface area contributed by atoms with E-state index < -0.39 is 28.0 Å². The fourth-order valence-electron chi connectivity index (χ4n) is 5.63. The Hall–Kier alpha value is -2.74. The first-order valence-corrected chi connectivity index (χ1v) is 22.5. The van der Waals surface area contributed by atoms with E-state index in [1.54, 1.807) is 6.08 Å². The summed E-state index contributed by atoms with van der Waals surface area (Å²) < 4.78 is 32.5. The molecule has 0 bridgehead atoms. The number of amides is 1. The van der Waals surface area contributed by atoms with E-state index >= 15 is 0 Å². The van der Waals surface area contributed by atoms with Crippen molar-refractivity contribution in [3.05, 3.63) is 97.2 Å². The summed E-state index contributed by atoms with van der Waals surface area (Å²) in [5.74, 6) is -1.10. The summed E-state index contributed by atoms with van der Waals surface area (Å²) >= 11 is 0. The van der Waals surface area contributed by atoms with Crippen LogP contribution < -0.4 is 5.32 Å². The van der Waals surface area contributed by atoms with Gasteiger partial charge in [-0.1, -0.05) is 175 Å². The number of hydrogen-bond donors (Lipinski definition) is 3. The highest BCUT2D eigenvalue weighted by Gasteiger charge is 2.24. The molecule has 0 spiro atoms. The van der Waals surface area contributed by atoms with Crippen LogP contribution in [-0.2, 0) is 14.9 Å². The standard InChI is InChI=1S/C46H77NO5S/c1-3-5-7-9-11-13-15-17-19-21-22-23-24-26-27-29-31-33-35-37-39-41-45(48)44(43-53(50,51)52)47-46(49)42-40-38-36-34-32-30-28-25-20-18-16-14-12-10-8-6-4-2/h6,8,12,14,18,20,24,26,28,30-31,33-34,36,39,41,44-45,48H,3-5,7,9-11,13,15-17,19,21-23,25,27,29,32,35,37-38,40,42-43H2,1-2H3,(H,47,49)(H,50,51,52)/b8-6-,14-12-,20-18-,26-24+,30-28-,33-31+,36-34-,41-39+. The summed E-state index contributed by atoms with van der Waals surface area (Å²) in [6, 6.07) is -1.12. The van der Waals surface area contributed by atoms with E-state index in [2.05, 4.69) is 98.2 Å². The smallest absolute Gasteiger partial charge is 0.267 e. The molecular weight excluding hydrogens is 679 g/mol. The van der Waals surface area contributed by atoms with Gasteiger partial charge in [0.25, 0.3) is 10.1 Å². The minimum atomic E-state index is -4.38. The first kappa shape index (κ1) is 50.3. The highest BCUT2D eigenvalue weighted by atomic mass is 32.2. The number of allylic oxidation sites excluding steroid dienone is 15. The minimum Gasteiger partial charge on any atom is -0.387 e. The van der Waals surface area contributed by atoms with Crippen LogP contribution in [0.1, 0.15) is 168 Å². The third-order valence-electron chi connectivity index (χ3n) is 8.72. The SMILES string of the molecule is CC/C=C\C/C=C\C/C=C\C/C=C\C/C=C\CCCC(=O)NC(CS(=O)(=O)O)C(O)/C=C/CC/C=C/CC/C=C/CCCCCCCCCCCCC. The third-order valence-corrected chi connectivity index (χ3v) is 9.50. The first-order chi connectivity index (χ1) is 25.8. The molecule has 1 amide bonds. The molecule has 53 heavy (non-hydrogen) atoms. The van der Waals surface area contributed by atoms with Gasteiger partial charge in [-0.2, -0.15) is 8.42 Å². The molecule has 6 nitrogen and oxygen atoms in total. The fraction of sp³-hybridized carbons (Fsp3) is 0.630. The van der Waals surface area contributed by atoms with Crippen molar-refractivity contribution in [1.82, 2.24) is 5.32 Å². The maximum Gasteiger partial charge on any atom is 0.267 e. The predicted molar refractivity (Wildman–Crippen MR) is 230 cm³/mol. The van der Waals surface area contributed by atoms with Crippen LogP contribution >= 0.6 is 0 Å². The average Bonchev–Trinajstić information content (AvgIpc) is 3.12. The molecule has 0 saturated heterocycles. The zero-order chi connectivity index (χ0) is 38.9. The normalized spacial score (nSPS) is 14.3. The molecule has 0 aromatic heterocycles. The molecule has 2 unspecified atom stereocenters. The third kappa shape index (κ3) is 40.3. The van der Waals surface area contributed by atoms with Crippen molar-refractivity contribution < 1.29 is 22.9 Å². The number of aliphatic hydroxyl groups excluding tert-OH is 1. The van der Waals surface area contributed by atoms with Gasteiger partial charge in [-0.3, -0.25) is 9.35 Å². The molecule has 0 heterocycles. The quantitative estimate of drug-likeness (QED) is 0.0335. The molecule has 302 valence electrons. The van der Waals surface area contributed by atoms with Gasteiger partial charge in [0.05, 0.1) is 17.9 Å². The van der Waals surface area contributed by atoms with Crippen LogP contribution in [0.4, 0.5) is 0 Å². The van der Waals surface area contributed by atoms with E-state index in [9.17, 15) is 22.9 Å². The molecule has 0 aromatic carbocycles. The maximum atomic E-state index is 12.5. The van der Waals surface area contributed by atoms with Crippen LogP contribution in [0.25, 0.3) is 0 Å². The number of nitrogens with one attached hydrogen (secondary N) is 1. The number of rotatable bonds is 36. The zero-order valence-electron chi connectivity index (χ0n) is 33.6. The molecule has 0 rings (SSSR count). The predicted octanol–water partition coefficient (Wildman–Crippen LogP) is 12.6. The summed E-state index contributed by atoms with van der Waals surface area (Å²) in [7, 11) is -4.38. The maximum absolute atomic E-state index is 12.5. The van der Waals surface area contributed by atoms with Gasteiger partial charge in [0.1, 0.15) is 0 Å². The van der Waals surface area contributed by atoms with Gasteiger partial charge in [-0.15, -0.1) is 0 Å². The second-order valence-electron chi connectivity index (χ2n) is 13.9. The number of aliphatic hydroxyl groups is 1. The number of carbonyl (C=O) groups excluding carboxylic acids is 1. The van der Waals surface area contributed by atoms with Crippen LogP contribution in [0, 0.1) is 0 Å². The van der Waals surface area contributed by atoms with Crippen molar-refractivity contribution in [2.24, 2.45) is 0 Å². The van der Waals surface area contributed by atoms with E-state index in [4.69, 9.17) is 0 Å². The molecule has 0 aromatic rings. The molecule has 0 aliphatic rings. The van der Waals surface area contributed by atoms with Crippen molar-refractivity contribution in [1.29, 1.82) is 0 Å². The Morgan fingerprint density at radius 2 is 0.925 bits per heavy atom. The second-order valence-corrected chi connectivity index (χ2v) is 15.4. The summed E-state index contributed by atoms with van der Waals surface area (Å²) in [5, 5.41) is 13.2. The lowest BCUT2D eigenvalue weighted by Gasteiger charge is -2.21. The van der Waals surface area contributed by atoms with Crippen molar-refractivity contribution in [3.63, 3.8) is 0 Å². The van der Waals surface area contributed by atoms with Crippen molar-refractivity contribution >= 4 is 16.0 Å². The molecule has 7 heteroatoms. The molecule has 3 N–H and O–H groups in total. The fourth-order valence-corrected chi connectivity index (χ4v) is 6.37. The lowest BCUT2D eigenvalue weighted by molar-refractivity contribution is -0.122. The van der Waals surface area contributed by atoms with Gasteiger partial charge in [-0.05, 0) is 83.5 Å². The molecule has 0 aliphatic carbocycles. The average molecular weight is 756 g/mol. The highest BCUT2D eigenvalue weighted by Crippen LogP contribution is 2.12. The second kappa shape index (κ2) is 39.0. The molecule has 0 saturated carbocycles. The number of hydrogen-bond acceptors (Lipinski definition) is 4. The van der Waals surface area contributed by atoms with Crippen LogP contribution in [0.15, 0.2) is 97.2 Å². The molecule has 0 fully saturated rings. The van der Waals surface area contributed by atoms with Crippen molar-refractivity contribution in [2.75, 3.05) is 5.75 Å². The highest BCUT2D eigenvalue weighted by molar-refractivity contribution is 7.85. The summed E-state index contributed by atoms with van der Waals surface area (Å²) in [6.45, 7) is 4.40. The molecular formula is C46H77NO5S. The summed E-state index contributed by atoms with van der Waals surface area (Å²) in [6.07, 6.45) is 58.3. The van der Waals surface area contributed by atoms with Gasteiger partial charge in [-0.25, -0.2) is 0 Å². The largest absolute Gasteiger partial charge is 0.387 e. The molecule has 0 aliphatic heterocycles. The Morgan fingerprint density at radius 1 is 0.528 bits per heavy atom. The lowest BCUT2D eigenvalue weighted by atomic mass is 10.1. The monoisotopic (exact) mass is 756 g/mol. The Bertz CT molecular complexity index is 1190. The van der Waals surface area contributed by atoms with Crippen LogP contribution in [0.5, 0.6) is 0 Å². The van der Waals surface area contributed by atoms with E-state index in [1.165, 1.54) is 76.7 Å². The molecule has 2 atom stereocenters. The Balaban J connectivity index is 4.11. The minimum absolute atomic E-state index is 0.200. The van der Waals surface area contributed by atoms with Crippen molar-refractivity contribution in [3.8, 4) is 0 Å². The Morgan fingerprint density at radius 3 is 1.42 bits per heavy atom. The van der Waals surface area contributed by atoms with Crippen LogP contribution in [0.3, 0.4) is 0 Å². The molecule has 0 radical (unpaired) electrons. The van der Waals surface area contributed by atoms with Gasteiger partial charge in [0.2, 0.25) is 5.91 Å². The zero-order valence-corrected chi connectivity index (χ0v) is 34.4. The van der Waals surface area contributed by atoms with E-state index in [0.717, 1.165) is 64.2 Å². The summed E-state index contributed by atoms with van der Waals surface area (Å²) in [4.78, 5) is 12.5. The topological polar surface area (TPSA) is 104 Å². The van der Waals surface area contributed by atoms with Gasteiger partial charge < -0.3 is 10.4 Å². The lowest BCUT2D eigenvalue weighted by Crippen LogP contribution is -2.46. The van der Waals surface area contributed by atoms with E-state index in [-0.39, 0.29) is 12.3 Å². The van der Waals surface area contributed by atoms with E-state index in [0.29, 0.717) is 12.8 Å². The Kier molecular flexibility index (Phi) is 37.0. The Labute approximate surface area is 326 Å². The first-order valence-electron chi connectivity index (χ1n) is 20.9. The summed E-state index contributed by atoms with van der Waals surface area (Å²) in [5.41, 5.74) is 0. The van der Waals surface area contributed by atoms with Gasteiger partial charge >= 0.3 is 0 Å². The number of unbranched alkanes of at least 4 members (excludes halogenated alkanes) is 14. The van der Waals surface area contributed by atoms with Gasteiger partial charge in [0.15, 0.2) is 0 Å². The van der Waals surface area contributed by atoms with Crippen LogP contribution in [0.2, 0.25) is 0 Å².